The van der Waals surface area contributed by atoms with Gasteiger partial charge in [-0.15, -0.1) is 0 Å². The van der Waals surface area contributed by atoms with Crippen molar-refractivity contribution in [2.45, 2.75) is 12.2 Å². The molecule has 0 saturated carbocycles. The largest absolute Gasteiger partial charge is 0.244 e. The molecule has 4 heteroatoms. The fraction of sp³-hybridized carbons (Fsp3) is 0.286. The molecule has 0 aliphatic rings. The monoisotopic (exact) mass is 165 g/mol. The topological polar surface area (TPSA) is 49.6 Å². The van der Waals surface area contributed by atoms with Gasteiger partial charge < -0.3 is 0 Å². The van der Waals surface area contributed by atoms with E-state index in [0.717, 1.165) is 5.56 Å². The van der Waals surface area contributed by atoms with Gasteiger partial charge in [0.1, 0.15) is 11.7 Å². The van der Waals surface area contributed by atoms with Crippen LogP contribution in [0.2, 0.25) is 0 Å². The molecule has 0 bridgehead atoms. The Bertz CT molecular complexity index is 254. The average molecular weight is 165 g/mol. The second-order valence-electron chi connectivity index (χ2n) is 2.02. The van der Waals surface area contributed by atoms with Crippen molar-refractivity contribution in [3.8, 4) is 5.40 Å². The number of nitrogens with zero attached hydrogens (tertiary/aromatic N) is 3. The van der Waals surface area contributed by atoms with Gasteiger partial charge in [-0.1, -0.05) is 0 Å². The minimum Gasteiger partial charge on any atom is -0.244 e. The van der Waals surface area contributed by atoms with Crippen molar-refractivity contribution >= 4 is 11.8 Å². The Hall–Kier alpha value is -1.08. The standard InChI is InChI=1S/C7H7N3S/c1-6(11-4-8)7-2-9-5-10-3-7/h2-3,5-6H,1H3. The summed E-state index contributed by atoms with van der Waals surface area (Å²) in [5, 5.41) is 10.6. The smallest absolute Gasteiger partial charge is 0.133 e. The molecule has 1 heterocycles. The molecule has 1 atom stereocenters. The fourth-order valence-electron chi connectivity index (χ4n) is 0.668. The van der Waals surface area contributed by atoms with E-state index in [-0.39, 0.29) is 5.25 Å². The van der Waals surface area contributed by atoms with Gasteiger partial charge >= 0.3 is 0 Å². The molecule has 0 amide bonds. The Kier molecular flexibility index (Phi) is 2.87. The van der Waals surface area contributed by atoms with Gasteiger partial charge in [-0.25, -0.2) is 9.97 Å². The molecule has 11 heavy (non-hydrogen) atoms. The van der Waals surface area contributed by atoms with E-state index in [0.29, 0.717) is 0 Å². The Morgan fingerprint density at radius 1 is 1.55 bits per heavy atom. The number of thiocyanates is 1. The van der Waals surface area contributed by atoms with E-state index < -0.39 is 0 Å². The molecule has 3 nitrogen and oxygen atoms in total. The van der Waals surface area contributed by atoms with Crippen LogP contribution < -0.4 is 0 Å². The predicted octanol–water partition coefficient (Wildman–Crippen LogP) is 1.75. The molecule has 0 radical (unpaired) electrons. The predicted molar refractivity (Wildman–Crippen MR) is 43.7 cm³/mol. The summed E-state index contributed by atoms with van der Waals surface area (Å²) in [4.78, 5) is 7.71. The Morgan fingerprint density at radius 2 is 2.18 bits per heavy atom. The number of nitriles is 1. The van der Waals surface area contributed by atoms with Gasteiger partial charge in [-0.3, -0.25) is 0 Å². The molecule has 0 spiro atoms. The molecule has 56 valence electrons. The summed E-state index contributed by atoms with van der Waals surface area (Å²) in [6.07, 6.45) is 4.93. The van der Waals surface area contributed by atoms with Gasteiger partial charge in [0, 0.05) is 23.2 Å². The average Bonchev–Trinajstić information content (AvgIpc) is 2.07. The van der Waals surface area contributed by atoms with Crippen LogP contribution in [-0.4, -0.2) is 9.97 Å². The first kappa shape index (κ1) is 8.02. The highest BCUT2D eigenvalue weighted by Gasteiger charge is 2.04. The van der Waals surface area contributed by atoms with Crippen molar-refractivity contribution in [2.24, 2.45) is 0 Å². The second kappa shape index (κ2) is 3.94. The molecule has 1 unspecified atom stereocenters. The minimum absolute atomic E-state index is 0.154. The van der Waals surface area contributed by atoms with Crippen LogP contribution in [0.1, 0.15) is 17.7 Å². The molecule has 1 aromatic heterocycles. The van der Waals surface area contributed by atoms with E-state index in [1.165, 1.54) is 18.1 Å². The van der Waals surface area contributed by atoms with E-state index in [1.807, 2.05) is 12.3 Å². The van der Waals surface area contributed by atoms with Crippen LogP contribution in [0, 0.1) is 10.7 Å². The van der Waals surface area contributed by atoms with E-state index in [2.05, 4.69) is 9.97 Å². The quantitative estimate of drug-likeness (QED) is 0.626. The molecule has 1 aromatic rings. The number of aromatic nitrogens is 2. The lowest BCUT2D eigenvalue weighted by Gasteiger charge is -2.02. The molecule has 0 aromatic carbocycles. The molecule has 0 aliphatic carbocycles. The van der Waals surface area contributed by atoms with Gasteiger partial charge in [0.25, 0.3) is 0 Å². The first-order valence-corrected chi connectivity index (χ1v) is 4.02. The van der Waals surface area contributed by atoms with E-state index in [1.54, 1.807) is 12.4 Å². The summed E-state index contributed by atoms with van der Waals surface area (Å²) in [6.45, 7) is 1.95. The summed E-state index contributed by atoms with van der Waals surface area (Å²) < 4.78 is 0. The highest BCUT2D eigenvalue weighted by atomic mass is 32.2. The molecular weight excluding hydrogens is 158 g/mol. The number of hydrogen-bond donors (Lipinski definition) is 0. The molecule has 0 fully saturated rings. The number of thioether (sulfide) groups is 1. The zero-order chi connectivity index (χ0) is 8.10. The highest BCUT2D eigenvalue weighted by molar-refractivity contribution is 8.03. The van der Waals surface area contributed by atoms with Gasteiger partial charge in [0.15, 0.2) is 0 Å². The third-order valence-corrected chi connectivity index (χ3v) is 2.01. The van der Waals surface area contributed by atoms with Crippen molar-refractivity contribution < 1.29 is 0 Å². The number of hydrogen-bond acceptors (Lipinski definition) is 4. The first-order valence-electron chi connectivity index (χ1n) is 3.14. The zero-order valence-electron chi connectivity index (χ0n) is 6.06. The normalized spacial score (nSPS) is 12.0. The summed E-state index contributed by atoms with van der Waals surface area (Å²) in [7, 11) is 0. The summed E-state index contributed by atoms with van der Waals surface area (Å²) in [6, 6.07) is 0. The maximum absolute atomic E-state index is 8.37. The van der Waals surface area contributed by atoms with Crippen LogP contribution in [0.25, 0.3) is 0 Å². The van der Waals surface area contributed by atoms with Crippen LogP contribution in [0.5, 0.6) is 0 Å². The van der Waals surface area contributed by atoms with Crippen LogP contribution in [0.3, 0.4) is 0 Å². The van der Waals surface area contributed by atoms with Gasteiger partial charge in [-0.05, 0) is 18.7 Å². The summed E-state index contributed by atoms with van der Waals surface area (Å²) in [5.74, 6) is 0. The molecule has 0 N–H and O–H groups in total. The number of rotatable bonds is 2. The second-order valence-corrected chi connectivity index (χ2v) is 3.15. The van der Waals surface area contributed by atoms with E-state index >= 15 is 0 Å². The first-order chi connectivity index (χ1) is 5.34. The lowest BCUT2D eigenvalue weighted by Crippen LogP contribution is -1.88. The van der Waals surface area contributed by atoms with Crippen molar-refractivity contribution in [3.63, 3.8) is 0 Å². The van der Waals surface area contributed by atoms with Crippen molar-refractivity contribution in [2.75, 3.05) is 0 Å². The van der Waals surface area contributed by atoms with Gasteiger partial charge in [-0.2, -0.15) is 5.26 Å². The molecule has 1 rings (SSSR count). The van der Waals surface area contributed by atoms with Gasteiger partial charge in [0.2, 0.25) is 0 Å². The van der Waals surface area contributed by atoms with Crippen LogP contribution in [-0.2, 0) is 0 Å². The Morgan fingerprint density at radius 3 is 2.73 bits per heavy atom. The fourth-order valence-corrected chi connectivity index (χ4v) is 1.08. The van der Waals surface area contributed by atoms with Crippen molar-refractivity contribution in [1.29, 1.82) is 5.26 Å². The molecule has 0 aliphatic heterocycles. The van der Waals surface area contributed by atoms with Crippen LogP contribution in [0.4, 0.5) is 0 Å². The molecular formula is C7H7N3S. The maximum atomic E-state index is 8.37. The Balaban J connectivity index is 2.70. The lowest BCUT2D eigenvalue weighted by molar-refractivity contribution is 1.03. The van der Waals surface area contributed by atoms with E-state index in [4.69, 9.17) is 5.26 Å². The van der Waals surface area contributed by atoms with Gasteiger partial charge in [0.05, 0.1) is 0 Å². The van der Waals surface area contributed by atoms with Crippen molar-refractivity contribution in [1.82, 2.24) is 9.97 Å². The summed E-state index contributed by atoms with van der Waals surface area (Å²) >= 11 is 1.21. The Labute approximate surface area is 69.5 Å². The lowest BCUT2D eigenvalue weighted by atomic mass is 10.3. The minimum atomic E-state index is 0.154. The molecule has 0 saturated heterocycles. The summed E-state index contributed by atoms with van der Waals surface area (Å²) in [5.41, 5.74) is 0.985. The zero-order valence-corrected chi connectivity index (χ0v) is 6.88. The SMILES string of the molecule is CC(SC#N)c1cncnc1. The highest BCUT2D eigenvalue weighted by Crippen LogP contribution is 2.25. The third kappa shape index (κ3) is 2.20. The van der Waals surface area contributed by atoms with E-state index in [9.17, 15) is 0 Å². The third-order valence-electron chi connectivity index (χ3n) is 1.28. The van der Waals surface area contributed by atoms with Crippen LogP contribution in [0.15, 0.2) is 18.7 Å². The van der Waals surface area contributed by atoms with Crippen molar-refractivity contribution in [3.05, 3.63) is 24.3 Å². The van der Waals surface area contributed by atoms with Crippen LogP contribution >= 0.6 is 11.8 Å². The maximum Gasteiger partial charge on any atom is 0.133 e.